The Labute approximate surface area is 261 Å². The Hall–Kier alpha value is -1.55. The molecule has 0 radical (unpaired) electrons. The van der Waals surface area contributed by atoms with E-state index < -0.39 is 53.9 Å². The summed E-state index contributed by atoms with van der Waals surface area (Å²) in [6.07, 6.45) is 6.58. The van der Waals surface area contributed by atoms with Crippen LogP contribution in [0, 0.1) is 17.8 Å². The molecule has 0 aromatic carbocycles. The Balaban J connectivity index is 2.42. The molecule has 2 rings (SSSR count). The third-order valence-corrected chi connectivity index (χ3v) is 9.59. The molecule has 2 aliphatic carbocycles. The van der Waals surface area contributed by atoms with Gasteiger partial charge in [0.15, 0.2) is 0 Å². The van der Waals surface area contributed by atoms with E-state index in [2.05, 4.69) is 11.6 Å². The zero-order valence-electron chi connectivity index (χ0n) is 27.3. The number of hydrogen-bond donors (Lipinski definition) is 7. The van der Waals surface area contributed by atoms with Crippen molar-refractivity contribution >= 4 is 5.91 Å². The molecule has 0 aliphatic heterocycles. The average Bonchev–Trinajstić information content (AvgIpc) is 2.96. The van der Waals surface area contributed by atoms with Crippen LogP contribution < -0.4 is 16.9 Å². The molecule has 0 bridgehead atoms. The van der Waals surface area contributed by atoms with Gasteiger partial charge in [-0.15, -0.1) is 0 Å². The topological polar surface area (TPSA) is 178 Å². The molecule has 1 saturated carbocycles. The summed E-state index contributed by atoms with van der Waals surface area (Å²) in [6.45, 7) is 11.0. The molecule has 0 aromatic heterocycles. The number of nitrogens with zero attached hydrogens (tertiary/aromatic N) is 2. The standard InChI is InChI=1S/C31H57F2N5O6/c1-7-20(2)23(5)37(19-21(3)38(24(6)34)27(35)22(4)31(41,42)43)30(40,18-13-25-11-9-8-10-12-25)44-36-28(39)26-14-16-29(32,33)17-15-26/h8-9,11,20-24,26-27,40-43H,7,10,12-19,34-35H2,1-6H3,(H,36,39). The minimum absolute atomic E-state index is 0.0192. The van der Waals surface area contributed by atoms with Gasteiger partial charge in [-0.2, -0.15) is 0 Å². The first-order valence-electron chi connectivity index (χ1n) is 16.0. The van der Waals surface area contributed by atoms with Crippen molar-refractivity contribution in [3.63, 3.8) is 0 Å². The Morgan fingerprint density at radius 1 is 1.14 bits per heavy atom. The second kappa shape index (κ2) is 16.3. The first kappa shape index (κ1) is 38.6. The van der Waals surface area contributed by atoms with E-state index in [1.807, 2.05) is 39.8 Å². The van der Waals surface area contributed by atoms with Gasteiger partial charge in [0.1, 0.15) is 0 Å². The Bertz CT molecular complexity index is 968. The van der Waals surface area contributed by atoms with Gasteiger partial charge in [0.05, 0.1) is 18.2 Å². The average molecular weight is 634 g/mol. The van der Waals surface area contributed by atoms with Crippen LogP contribution in [-0.4, -0.2) is 84.9 Å². The van der Waals surface area contributed by atoms with E-state index in [0.29, 0.717) is 6.42 Å². The van der Waals surface area contributed by atoms with Gasteiger partial charge in [-0.1, -0.05) is 51.0 Å². The van der Waals surface area contributed by atoms with Crippen LogP contribution >= 0.6 is 0 Å². The first-order valence-corrected chi connectivity index (χ1v) is 16.0. The third-order valence-electron chi connectivity index (χ3n) is 9.59. The number of hydroxylamine groups is 1. The SMILES string of the molecule is CCC(C)C(C)N(CC(C)N(C(C)N)C(N)C(C)C(O)(O)O)C(O)(CCC1=CC=CCC1)ONC(=O)C1CCC(F)(F)CC1. The molecule has 1 fully saturated rings. The number of nitrogens with one attached hydrogen (secondary N) is 1. The summed E-state index contributed by atoms with van der Waals surface area (Å²) in [5.74, 6) is -10.2. The molecular formula is C31H57F2N5O6. The number of aliphatic hydroxyl groups is 4. The number of allylic oxidation sites excluding steroid dienone is 4. The van der Waals surface area contributed by atoms with Crippen LogP contribution in [0.25, 0.3) is 0 Å². The van der Waals surface area contributed by atoms with Crippen molar-refractivity contribution < 1.29 is 38.8 Å². The fourth-order valence-corrected chi connectivity index (χ4v) is 6.06. The van der Waals surface area contributed by atoms with Crippen LogP contribution in [-0.2, 0) is 9.63 Å². The number of carbonyl (C=O) groups excluding carboxylic acids is 1. The van der Waals surface area contributed by atoms with Gasteiger partial charge in [0, 0.05) is 43.8 Å². The van der Waals surface area contributed by atoms with Crippen molar-refractivity contribution in [3.8, 4) is 0 Å². The number of hydrogen-bond acceptors (Lipinski definition) is 10. The molecule has 0 spiro atoms. The van der Waals surface area contributed by atoms with E-state index in [0.717, 1.165) is 24.8 Å². The van der Waals surface area contributed by atoms with Crippen LogP contribution in [0.3, 0.4) is 0 Å². The fourth-order valence-electron chi connectivity index (χ4n) is 6.06. The maximum atomic E-state index is 13.7. The molecule has 9 N–H and O–H groups in total. The molecule has 1 amide bonds. The lowest BCUT2D eigenvalue weighted by Crippen LogP contribution is -2.66. The second-order valence-electron chi connectivity index (χ2n) is 13.0. The lowest BCUT2D eigenvalue weighted by atomic mass is 9.86. The predicted octanol–water partition coefficient (Wildman–Crippen LogP) is 2.85. The molecule has 44 heavy (non-hydrogen) atoms. The maximum Gasteiger partial charge on any atom is 0.280 e. The molecule has 0 saturated heterocycles. The number of amides is 1. The molecule has 0 aromatic rings. The van der Waals surface area contributed by atoms with Gasteiger partial charge in [0.2, 0.25) is 11.8 Å². The van der Waals surface area contributed by atoms with Crippen molar-refractivity contribution in [2.24, 2.45) is 29.2 Å². The summed E-state index contributed by atoms with van der Waals surface area (Å²) < 4.78 is 27.5. The minimum atomic E-state index is -3.05. The van der Waals surface area contributed by atoms with E-state index in [-0.39, 0.29) is 50.6 Å². The molecule has 0 heterocycles. The van der Waals surface area contributed by atoms with Gasteiger partial charge in [0.25, 0.3) is 11.9 Å². The predicted molar refractivity (Wildman–Crippen MR) is 164 cm³/mol. The summed E-state index contributed by atoms with van der Waals surface area (Å²) in [5.41, 5.74) is 16.2. The van der Waals surface area contributed by atoms with E-state index in [9.17, 15) is 34.0 Å². The van der Waals surface area contributed by atoms with E-state index >= 15 is 0 Å². The molecule has 7 atom stereocenters. The fraction of sp³-hybridized carbons (Fsp3) is 0.839. The van der Waals surface area contributed by atoms with Crippen molar-refractivity contribution in [1.82, 2.24) is 15.3 Å². The number of carbonyl (C=O) groups is 1. The lowest BCUT2D eigenvalue weighted by Gasteiger charge is -2.48. The highest BCUT2D eigenvalue weighted by molar-refractivity contribution is 5.77. The van der Waals surface area contributed by atoms with E-state index in [1.165, 1.54) is 6.92 Å². The largest absolute Gasteiger partial charge is 0.352 e. The summed E-state index contributed by atoms with van der Waals surface area (Å²) in [5, 5.41) is 41.8. The highest BCUT2D eigenvalue weighted by Gasteiger charge is 2.45. The summed E-state index contributed by atoms with van der Waals surface area (Å²) in [6, 6.07) is -0.793. The maximum absolute atomic E-state index is 13.7. The highest BCUT2D eigenvalue weighted by atomic mass is 19.3. The summed E-state index contributed by atoms with van der Waals surface area (Å²) >= 11 is 0. The molecular weight excluding hydrogens is 576 g/mol. The minimum Gasteiger partial charge on any atom is -0.352 e. The molecule has 11 nitrogen and oxygen atoms in total. The van der Waals surface area contributed by atoms with Crippen molar-refractivity contribution in [1.29, 1.82) is 0 Å². The van der Waals surface area contributed by atoms with Gasteiger partial charge in [-0.05, 0) is 58.8 Å². The van der Waals surface area contributed by atoms with Crippen LogP contribution in [0.1, 0.15) is 99.3 Å². The number of rotatable bonds is 17. The normalized spacial score (nSPS) is 23.4. The van der Waals surface area contributed by atoms with Crippen LogP contribution in [0.15, 0.2) is 23.8 Å². The number of alkyl halides is 2. The van der Waals surface area contributed by atoms with E-state index in [1.54, 1.807) is 16.7 Å². The number of halogens is 2. The van der Waals surface area contributed by atoms with Gasteiger partial charge in [-0.25, -0.2) is 24.0 Å². The van der Waals surface area contributed by atoms with Crippen molar-refractivity contribution in [2.75, 3.05) is 6.54 Å². The Morgan fingerprint density at radius 2 is 1.75 bits per heavy atom. The molecule has 256 valence electrons. The zero-order valence-corrected chi connectivity index (χ0v) is 27.3. The molecule has 7 unspecified atom stereocenters. The van der Waals surface area contributed by atoms with Crippen molar-refractivity contribution in [2.45, 2.75) is 142 Å². The number of nitrogens with two attached hydrogens (primary N) is 2. The lowest BCUT2D eigenvalue weighted by molar-refractivity contribution is -0.349. The quantitative estimate of drug-likeness (QED) is 0.0931. The van der Waals surface area contributed by atoms with Gasteiger partial charge < -0.3 is 31.9 Å². The smallest absolute Gasteiger partial charge is 0.280 e. The molecule has 2 aliphatic rings. The highest BCUT2D eigenvalue weighted by Crippen LogP contribution is 2.37. The van der Waals surface area contributed by atoms with E-state index in [4.69, 9.17) is 16.3 Å². The van der Waals surface area contributed by atoms with Gasteiger partial charge >= 0.3 is 0 Å². The molecule has 13 heteroatoms. The summed E-state index contributed by atoms with van der Waals surface area (Å²) in [7, 11) is 0. The van der Waals surface area contributed by atoms with Crippen molar-refractivity contribution in [3.05, 3.63) is 23.8 Å². The van der Waals surface area contributed by atoms with Gasteiger partial charge in [-0.3, -0.25) is 9.69 Å². The monoisotopic (exact) mass is 633 g/mol. The Morgan fingerprint density at radius 3 is 2.25 bits per heavy atom. The zero-order chi connectivity index (χ0) is 33.5. The Kier molecular flexibility index (Phi) is 14.3. The first-order chi connectivity index (χ1) is 20.3. The summed E-state index contributed by atoms with van der Waals surface area (Å²) in [4.78, 5) is 22.4. The van der Waals surface area contributed by atoms with Crippen LogP contribution in [0.4, 0.5) is 8.78 Å². The van der Waals surface area contributed by atoms with Crippen LogP contribution in [0.5, 0.6) is 0 Å². The van der Waals surface area contributed by atoms with Crippen LogP contribution in [0.2, 0.25) is 0 Å². The second-order valence-corrected chi connectivity index (χ2v) is 13.0. The third kappa shape index (κ3) is 10.8.